The monoisotopic (exact) mass is 339 g/mol. The molecule has 0 aliphatic carbocycles. The van der Waals surface area contributed by atoms with E-state index in [1.165, 1.54) is 6.92 Å². The van der Waals surface area contributed by atoms with Crippen LogP contribution < -0.4 is 5.32 Å². The average Bonchev–Trinajstić information content (AvgIpc) is 2.33. The number of carbonyl (C=O) groups excluding carboxylic acids is 2. The molecule has 1 heterocycles. The van der Waals surface area contributed by atoms with Gasteiger partial charge in [-0.05, 0) is 25.1 Å². The van der Waals surface area contributed by atoms with Crippen molar-refractivity contribution < 1.29 is 18.8 Å². The SMILES string of the molecule is CC(=O)OCC#CC[C@H]1NC(=O)[C@@H]1[C@@H](C)O[Si](C)(C)C(C)(C)C. The summed E-state index contributed by atoms with van der Waals surface area (Å²) in [4.78, 5) is 22.5. The van der Waals surface area contributed by atoms with Gasteiger partial charge in [-0.2, -0.15) is 0 Å². The third-order valence-electron chi connectivity index (χ3n) is 4.65. The molecule has 3 atom stereocenters. The van der Waals surface area contributed by atoms with E-state index in [0.717, 1.165) is 0 Å². The van der Waals surface area contributed by atoms with Gasteiger partial charge >= 0.3 is 5.97 Å². The fourth-order valence-electron chi connectivity index (χ4n) is 2.26. The van der Waals surface area contributed by atoms with Crippen LogP contribution in [-0.2, 0) is 18.8 Å². The van der Waals surface area contributed by atoms with E-state index < -0.39 is 8.32 Å². The first-order chi connectivity index (χ1) is 10.5. The highest BCUT2D eigenvalue weighted by Crippen LogP contribution is 2.39. The highest BCUT2D eigenvalue weighted by atomic mass is 28.4. The topological polar surface area (TPSA) is 64.6 Å². The summed E-state index contributed by atoms with van der Waals surface area (Å²) in [6.45, 7) is 14.4. The van der Waals surface area contributed by atoms with Crippen LogP contribution in [0.4, 0.5) is 0 Å². The van der Waals surface area contributed by atoms with Crippen molar-refractivity contribution in [1.29, 1.82) is 0 Å². The smallest absolute Gasteiger partial charge is 0.303 e. The first-order valence-corrected chi connectivity index (χ1v) is 10.9. The van der Waals surface area contributed by atoms with E-state index in [0.29, 0.717) is 6.42 Å². The molecule has 1 aliphatic heterocycles. The summed E-state index contributed by atoms with van der Waals surface area (Å²) < 4.78 is 11.1. The zero-order chi connectivity index (χ0) is 17.8. The summed E-state index contributed by atoms with van der Waals surface area (Å²) in [5, 5.41) is 3.00. The second kappa shape index (κ2) is 7.50. The quantitative estimate of drug-likeness (QED) is 0.362. The van der Waals surface area contributed by atoms with Crippen LogP contribution in [0.15, 0.2) is 0 Å². The highest BCUT2D eigenvalue weighted by Gasteiger charge is 2.46. The molecule has 1 saturated heterocycles. The van der Waals surface area contributed by atoms with Crippen molar-refractivity contribution in [3.05, 3.63) is 0 Å². The number of carbonyl (C=O) groups is 2. The molecule has 0 spiro atoms. The summed E-state index contributed by atoms with van der Waals surface area (Å²) in [6.07, 6.45) is 0.424. The minimum Gasteiger partial charge on any atom is -0.453 e. The van der Waals surface area contributed by atoms with Crippen molar-refractivity contribution in [1.82, 2.24) is 5.32 Å². The lowest BCUT2D eigenvalue weighted by Crippen LogP contribution is -2.63. The van der Waals surface area contributed by atoms with Crippen LogP contribution in [0.1, 0.15) is 41.0 Å². The Bertz CT molecular complexity index is 513. The fourth-order valence-corrected chi connectivity index (χ4v) is 3.69. The fraction of sp³-hybridized carbons (Fsp3) is 0.765. The van der Waals surface area contributed by atoms with Gasteiger partial charge < -0.3 is 14.5 Å². The summed E-state index contributed by atoms with van der Waals surface area (Å²) in [5.74, 6) is 5.27. The van der Waals surface area contributed by atoms with Gasteiger partial charge in [0, 0.05) is 13.3 Å². The van der Waals surface area contributed by atoms with E-state index >= 15 is 0 Å². The summed E-state index contributed by atoms with van der Waals surface area (Å²) in [6, 6.07) is 0.00657. The van der Waals surface area contributed by atoms with Gasteiger partial charge in [0.2, 0.25) is 5.91 Å². The van der Waals surface area contributed by atoms with Crippen LogP contribution >= 0.6 is 0 Å². The lowest BCUT2D eigenvalue weighted by atomic mass is 9.84. The lowest BCUT2D eigenvalue weighted by molar-refractivity contribution is -0.140. The maximum atomic E-state index is 11.9. The van der Waals surface area contributed by atoms with E-state index in [2.05, 4.69) is 51.0 Å². The second-order valence-electron chi connectivity index (χ2n) is 7.56. The summed E-state index contributed by atoms with van der Waals surface area (Å²) in [5.41, 5.74) is 0. The lowest BCUT2D eigenvalue weighted by Gasteiger charge is -2.45. The van der Waals surface area contributed by atoms with Crippen molar-refractivity contribution in [3.8, 4) is 11.8 Å². The molecule has 130 valence electrons. The molecule has 23 heavy (non-hydrogen) atoms. The molecule has 1 aliphatic rings. The maximum absolute atomic E-state index is 11.9. The number of nitrogens with one attached hydrogen (secondary N) is 1. The number of esters is 1. The summed E-state index contributed by atoms with van der Waals surface area (Å²) in [7, 11) is -1.90. The van der Waals surface area contributed by atoms with Gasteiger partial charge in [-0.3, -0.25) is 9.59 Å². The van der Waals surface area contributed by atoms with E-state index in [9.17, 15) is 9.59 Å². The third-order valence-corrected chi connectivity index (χ3v) is 9.22. The maximum Gasteiger partial charge on any atom is 0.303 e. The predicted octanol–water partition coefficient (Wildman–Crippen LogP) is 2.47. The van der Waals surface area contributed by atoms with Crippen LogP contribution in [0.2, 0.25) is 18.1 Å². The molecule has 0 aromatic heterocycles. The number of rotatable bonds is 5. The number of amides is 1. The summed E-state index contributed by atoms with van der Waals surface area (Å²) >= 11 is 0. The van der Waals surface area contributed by atoms with Crippen molar-refractivity contribution in [2.24, 2.45) is 5.92 Å². The third kappa shape index (κ3) is 5.36. The van der Waals surface area contributed by atoms with Gasteiger partial charge in [-0.1, -0.05) is 32.6 Å². The normalized spacial score (nSPS) is 22.3. The largest absolute Gasteiger partial charge is 0.453 e. The van der Waals surface area contributed by atoms with Gasteiger partial charge in [0.05, 0.1) is 18.1 Å². The molecule has 0 aromatic rings. The van der Waals surface area contributed by atoms with Crippen LogP contribution in [0, 0.1) is 17.8 Å². The van der Waals surface area contributed by atoms with Crippen LogP contribution in [0.5, 0.6) is 0 Å². The van der Waals surface area contributed by atoms with E-state index in [4.69, 9.17) is 9.16 Å². The van der Waals surface area contributed by atoms with Gasteiger partial charge in [0.25, 0.3) is 0 Å². The minimum atomic E-state index is -1.90. The number of ether oxygens (including phenoxy) is 1. The molecule has 1 N–H and O–H groups in total. The Morgan fingerprint density at radius 1 is 1.35 bits per heavy atom. The molecule has 1 fully saturated rings. The Hall–Kier alpha value is -1.32. The molecule has 0 aromatic carbocycles. The van der Waals surface area contributed by atoms with Gasteiger partial charge in [0.1, 0.15) is 0 Å². The Morgan fingerprint density at radius 2 is 1.96 bits per heavy atom. The van der Waals surface area contributed by atoms with Crippen LogP contribution in [0.25, 0.3) is 0 Å². The molecule has 0 unspecified atom stereocenters. The molecule has 1 amide bonds. The zero-order valence-corrected chi connectivity index (χ0v) is 16.3. The predicted molar refractivity (Wildman–Crippen MR) is 92.2 cm³/mol. The van der Waals surface area contributed by atoms with E-state index in [1.807, 2.05) is 6.92 Å². The van der Waals surface area contributed by atoms with Crippen molar-refractivity contribution in [3.63, 3.8) is 0 Å². The molecule has 6 heteroatoms. The zero-order valence-electron chi connectivity index (χ0n) is 15.3. The highest BCUT2D eigenvalue weighted by molar-refractivity contribution is 6.74. The van der Waals surface area contributed by atoms with Crippen molar-refractivity contribution >= 4 is 20.2 Å². The van der Waals surface area contributed by atoms with E-state index in [-0.39, 0.29) is 41.6 Å². The molecule has 5 nitrogen and oxygen atoms in total. The Labute approximate surface area is 140 Å². The molecule has 0 saturated carbocycles. The van der Waals surface area contributed by atoms with Crippen molar-refractivity contribution in [2.75, 3.05) is 6.61 Å². The van der Waals surface area contributed by atoms with Gasteiger partial charge in [0.15, 0.2) is 14.9 Å². The van der Waals surface area contributed by atoms with E-state index in [1.54, 1.807) is 0 Å². The molecular formula is C17H29NO4Si. The minimum absolute atomic E-state index is 0.00657. The Balaban J connectivity index is 2.57. The Kier molecular flexibility index (Phi) is 6.43. The molecular weight excluding hydrogens is 310 g/mol. The van der Waals surface area contributed by atoms with Gasteiger partial charge in [-0.25, -0.2) is 0 Å². The van der Waals surface area contributed by atoms with Gasteiger partial charge in [-0.15, -0.1) is 0 Å². The second-order valence-corrected chi connectivity index (χ2v) is 12.3. The average molecular weight is 340 g/mol. The van der Waals surface area contributed by atoms with Crippen molar-refractivity contribution in [2.45, 2.75) is 71.3 Å². The number of β-lactam (4-membered cyclic amide) rings is 1. The molecule has 1 rings (SSSR count). The first kappa shape index (κ1) is 19.7. The first-order valence-electron chi connectivity index (χ1n) is 8.03. The molecule has 0 bridgehead atoms. The van der Waals surface area contributed by atoms with Crippen LogP contribution in [-0.4, -0.2) is 38.9 Å². The molecule has 0 radical (unpaired) electrons. The Morgan fingerprint density at radius 3 is 2.43 bits per heavy atom. The van der Waals surface area contributed by atoms with Crippen LogP contribution in [0.3, 0.4) is 0 Å². The number of hydrogen-bond donors (Lipinski definition) is 1. The number of hydrogen-bond acceptors (Lipinski definition) is 4. The standard InChI is InChI=1S/C17H29NO4Si/c1-12(22-23(6,7)17(3,4)5)15-14(18-16(15)20)10-8-9-11-21-13(2)19/h12,14-15H,10-11H2,1-7H3,(H,18,20)/t12-,14-,15-/m1/s1.